The normalized spacial score (nSPS) is 17.1. The molecule has 0 bridgehead atoms. The minimum atomic E-state index is 0.0924. The van der Waals surface area contributed by atoms with Gasteiger partial charge in [-0.2, -0.15) is 0 Å². The number of aromatic nitrogens is 1. The third-order valence-electron chi connectivity index (χ3n) is 3.99. The maximum atomic E-state index is 12.7. The SMILES string of the molecule is Cc1nc(C)c(C(=O)N(C)C2CCc3ccccc32)s1. The Bertz CT molecular complexity index is 662. The number of benzene rings is 1. The molecule has 4 heteroatoms. The van der Waals surface area contributed by atoms with Gasteiger partial charge < -0.3 is 4.90 Å². The number of carbonyl (C=O) groups excluding carboxylic acids is 1. The Kier molecular flexibility index (Phi) is 3.34. The molecule has 0 saturated heterocycles. The van der Waals surface area contributed by atoms with Gasteiger partial charge in [0.1, 0.15) is 4.88 Å². The molecule has 0 radical (unpaired) electrons. The molecule has 0 saturated carbocycles. The first-order chi connectivity index (χ1) is 9.58. The fourth-order valence-electron chi connectivity index (χ4n) is 2.97. The highest BCUT2D eigenvalue weighted by atomic mass is 32.1. The van der Waals surface area contributed by atoms with Crippen LogP contribution in [0.1, 0.15) is 44.0 Å². The molecule has 1 atom stereocenters. The van der Waals surface area contributed by atoms with Gasteiger partial charge in [-0.15, -0.1) is 11.3 Å². The van der Waals surface area contributed by atoms with Crippen LogP contribution in [-0.2, 0) is 6.42 Å². The molecule has 1 aliphatic rings. The minimum Gasteiger partial charge on any atom is -0.334 e. The van der Waals surface area contributed by atoms with Gasteiger partial charge in [0, 0.05) is 7.05 Å². The van der Waals surface area contributed by atoms with Gasteiger partial charge in [-0.25, -0.2) is 4.98 Å². The van der Waals surface area contributed by atoms with Crippen LogP contribution in [0.25, 0.3) is 0 Å². The lowest BCUT2D eigenvalue weighted by atomic mass is 10.1. The molecule has 1 unspecified atom stereocenters. The van der Waals surface area contributed by atoms with E-state index < -0.39 is 0 Å². The molecule has 3 rings (SSSR count). The van der Waals surface area contributed by atoms with Crippen molar-refractivity contribution in [2.75, 3.05) is 7.05 Å². The van der Waals surface area contributed by atoms with Crippen LogP contribution < -0.4 is 0 Å². The molecule has 1 aromatic heterocycles. The van der Waals surface area contributed by atoms with Gasteiger partial charge in [-0.1, -0.05) is 24.3 Å². The highest BCUT2D eigenvalue weighted by Gasteiger charge is 2.30. The molecule has 1 aromatic carbocycles. The van der Waals surface area contributed by atoms with Crippen LogP contribution >= 0.6 is 11.3 Å². The largest absolute Gasteiger partial charge is 0.334 e. The van der Waals surface area contributed by atoms with Gasteiger partial charge in [0.05, 0.1) is 16.7 Å². The Balaban J connectivity index is 1.89. The van der Waals surface area contributed by atoms with Crippen LogP contribution in [0, 0.1) is 13.8 Å². The summed E-state index contributed by atoms with van der Waals surface area (Å²) in [5.41, 5.74) is 3.51. The number of aryl methyl sites for hydroxylation is 3. The highest BCUT2D eigenvalue weighted by molar-refractivity contribution is 7.13. The van der Waals surface area contributed by atoms with E-state index in [-0.39, 0.29) is 11.9 Å². The van der Waals surface area contributed by atoms with E-state index in [9.17, 15) is 4.79 Å². The number of amides is 1. The van der Waals surface area contributed by atoms with Crippen LogP contribution in [0.15, 0.2) is 24.3 Å². The minimum absolute atomic E-state index is 0.0924. The predicted octanol–water partition coefficient (Wildman–Crippen LogP) is 3.52. The van der Waals surface area contributed by atoms with Crippen molar-refractivity contribution in [1.82, 2.24) is 9.88 Å². The Morgan fingerprint density at radius 2 is 2.10 bits per heavy atom. The van der Waals surface area contributed by atoms with Crippen molar-refractivity contribution in [3.05, 3.63) is 51.0 Å². The summed E-state index contributed by atoms with van der Waals surface area (Å²) in [7, 11) is 1.91. The smallest absolute Gasteiger partial charge is 0.266 e. The second-order valence-electron chi connectivity index (χ2n) is 5.32. The molecule has 1 amide bonds. The van der Waals surface area contributed by atoms with Crippen molar-refractivity contribution < 1.29 is 4.79 Å². The topological polar surface area (TPSA) is 33.2 Å². The molecule has 0 N–H and O–H groups in total. The fourth-order valence-corrected chi connectivity index (χ4v) is 3.87. The predicted molar refractivity (Wildman–Crippen MR) is 81.2 cm³/mol. The number of nitrogens with zero attached hydrogens (tertiary/aromatic N) is 2. The summed E-state index contributed by atoms with van der Waals surface area (Å²) in [5.74, 6) is 0.0924. The van der Waals surface area contributed by atoms with Crippen LogP contribution in [0.5, 0.6) is 0 Å². The lowest BCUT2D eigenvalue weighted by Gasteiger charge is -2.25. The fraction of sp³-hybridized carbons (Fsp3) is 0.375. The molecule has 2 aromatic rings. The van der Waals surface area contributed by atoms with Crippen LogP contribution in [-0.4, -0.2) is 22.8 Å². The van der Waals surface area contributed by atoms with E-state index in [1.807, 2.05) is 25.8 Å². The Morgan fingerprint density at radius 3 is 2.80 bits per heavy atom. The number of fused-ring (bicyclic) bond motifs is 1. The van der Waals surface area contributed by atoms with E-state index in [2.05, 4.69) is 29.2 Å². The van der Waals surface area contributed by atoms with Crippen LogP contribution in [0.4, 0.5) is 0 Å². The molecular weight excluding hydrogens is 268 g/mol. The van der Waals surface area contributed by atoms with Crippen molar-refractivity contribution in [3.8, 4) is 0 Å². The standard InChI is InChI=1S/C16H18N2OS/c1-10-15(20-11(2)17-10)16(19)18(3)14-9-8-12-6-4-5-7-13(12)14/h4-7,14H,8-9H2,1-3H3. The van der Waals surface area contributed by atoms with Gasteiger partial charge in [0.2, 0.25) is 0 Å². The third-order valence-corrected chi connectivity index (χ3v) is 5.05. The third kappa shape index (κ3) is 2.14. The second-order valence-corrected chi connectivity index (χ2v) is 6.52. The summed E-state index contributed by atoms with van der Waals surface area (Å²) < 4.78 is 0. The molecule has 0 spiro atoms. The lowest BCUT2D eigenvalue weighted by Crippen LogP contribution is -2.30. The van der Waals surface area contributed by atoms with Gasteiger partial charge in [-0.3, -0.25) is 4.79 Å². The molecule has 1 aliphatic carbocycles. The number of rotatable bonds is 2. The lowest BCUT2D eigenvalue weighted by molar-refractivity contribution is 0.0734. The quantitative estimate of drug-likeness (QED) is 0.846. The Morgan fingerprint density at radius 1 is 1.35 bits per heavy atom. The summed E-state index contributed by atoms with van der Waals surface area (Å²) in [6.07, 6.45) is 2.07. The first-order valence-corrected chi connectivity index (χ1v) is 7.68. The second kappa shape index (κ2) is 5.02. The molecule has 3 nitrogen and oxygen atoms in total. The van der Waals surface area contributed by atoms with E-state index in [0.717, 1.165) is 28.4 Å². The first kappa shape index (κ1) is 13.3. The van der Waals surface area contributed by atoms with E-state index in [1.54, 1.807) is 0 Å². The highest BCUT2D eigenvalue weighted by Crippen LogP contribution is 2.36. The van der Waals surface area contributed by atoms with Crippen molar-refractivity contribution >= 4 is 17.2 Å². The maximum absolute atomic E-state index is 12.7. The average molecular weight is 286 g/mol. The van der Waals surface area contributed by atoms with Crippen molar-refractivity contribution in [2.24, 2.45) is 0 Å². The first-order valence-electron chi connectivity index (χ1n) is 6.87. The van der Waals surface area contributed by atoms with Crippen LogP contribution in [0.2, 0.25) is 0 Å². The van der Waals surface area contributed by atoms with Gasteiger partial charge in [-0.05, 0) is 37.8 Å². The number of thiazole rings is 1. The zero-order chi connectivity index (χ0) is 14.3. The number of hydrogen-bond acceptors (Lipinski definition) is 3. The number of carbonyl (C=O) groups is 1. The molecular formula is C16H18N2OS. The molecule has 20 heavy (non-hydrogen) atoms. The van der Waals surface area contributed by atoms with Crippen molar-refractivity contribution in [2.45, 2.75) is 32.7 Å². The molecule has 1 heterocycles. The monoisotopic (exact) mass is 286 g/mol. The van der Waals surface area contributed by atoms with E-state index in [1.165, 1.54) is 22.5 Å². The van der Waals surface area contributed by atoms with Crippen LogP contribution in [0.3, 0.4) is 0 Å². The summed E-state index contributed by atoms with van der Waals surface area (Å²) in [5, 5.41) is 0.950. The summed E-state index contributed by atoms with van der Waals surface area (Å²) in [4.78, 5) is 19.7. The maximum Gasteiger partial charge on any atom is 0.266 e. The van der Waals surface area contributed by atoms with E-state index in [0.29, 0.717) is 0 Å². The zero-order valence-electron chi connectivity index (χ0n) is 12.0. The Labute approximate surface area is 123 Å². The number of hydrogen-bond donors (Lipinski definition) is 0. The van der Waals surface area contributed by atoms with E-state index >= 15 is 0 Å². The summed E-state index contributed by atoms with van der Waals surface area (Å²) in [6.45, 7) is 3.85. The Hall–Kier alpha value is -1.68. The molecule has 0 fully saturated rings. The van der Waals surface area contributed by atoms with Gasteiger partial charge in [0.25, 0.3) is 5.91 Å². The van der Waals surface area contributed by atoms with E-state index in [4.69, 9.17) is 0 Å². The summed E-state index contributed by atoms with van der Waals surface area (Å²) >= 11 is 1.49. The van der Waals surface area contributed by atoms with Crippen molar-refractivity contribution in [3.63, 3.8) is 0 Å². The van der Waals surface area contributed by atoms with Gasteiger partial charge in [0.15, 0.2) is 0 Å². The summed E-state index contributed by atoms with van der Waals surface area (Å²) in [6, 6.07) is 8.62. The van der Waals surface area contributed by atoms with Crippen molar-refractivity contribution in [1.29, 1.82) is 0 Å². The molecule has 0 aliphatic heterocycles. The zero-order valence-corrected chi connectivity index (χ0v) is 12.8. The average Bonchev–Trinajstić information content (AvgIpc) is 3.00. The molecule has 104 valence electrons. The van der Waals surface area contributed by atoms with Gasteiger partial charge >= 0.3 is 0 Å².